The number of thiazole rings is 1. The molecule has 1 saturated heterocycles. The van der Waals surface area contributed by atoms with Gasteiger partial charge in [-0.05, 0) is 48.9 Å². The Balaban J connectivity index is 1.85. The van der Waals surface area contributed by atoms with Gasteiger partial charge in [-0.1, -0.05) is 19.1 Å². The molecule has 1 fully saturated rings. The van der Waals surface area contributed by atoms with Gasteiger partial charge < -0.3 is 9.84 Å². The van der Waals surface area contributed by atoms with E-state index in [-0.39, 0.29) is 5.91 Å². The van der Waals surface area contributed by atoms with Gasteiger partial charge in [-0.25, -0.2) is 9.78 Å². The van der Waals surface area contributed by atoms with E-state index in [1.165, 1.54) is 23.1 Å². The van der Waals surface area contributed by atoms with Gasteiger partial charge in [0.05, 0.1) is 10.6 Å². The van der Waals surface area contributed by atoms with Crippen molar-refractivity contribution in [2.45, 2.75) is 20.3 Å². The normalized spacial score (nSPS) is 16.9. The summed E-state index contributed by atoms with van der Waals surface area (Å²) < 4.78 is 5.20. The van der Waals surface area contributed by atoms with Gasteiger partial charge in [0.25, 0.3) is 5.91 Å². The Morgan fingerprint density at radius 1 is 1.43 bits per heavy atom. The molecular formula is C19H19N3O4S2. The number of carbonyl (C=O) groups excluding carboxylic acids is 1. The van der Waals surface area contributed by atoms with Gasteiger partial charge in [-0.15, -0.1) is 11.3 Å². The largest absolute Gasteiger partial charge is 0.482 e. The highest BCUT2D eigenvalue weighted by atomic mass is 32.2. The summed E-state index contributed by atoms with van der Waals surface area (Å²) in [6.07, 6.45) is 2.58. The van der Waals surface area contributed by atoms with Gasteiger partial charge in [0.15, 0.2) is 11.8 Å². The average molecular weight is 418 g/mol. The van der Waals surface area contributed by atoms with Crippen molar-refractivity contribution in [3.8, 4) is 5.75 Å². The number of carbonyl (C=O) groups is 2. The Morgan fingerprint density at radius 3 is 2.93 bits per heavy atom. The molecule has 0 atom stereocenters. The van der Waals surface area contributed by atoms with Gasteiger partial charge in [0.2, 0.25) is 5.13 Å². The number of aliphatic carboxylic acids is 1. The predicted molar refractivity (Wildman–Crippen MR) is 111 cm³/mol. The van der Waals surface area contributed by atoms with Crippen LogP contribution in [0.2, 0.25) is 0 Å². The lowest BCUT2D eigenvalue weighted by atomic mass is 10.2. The first-order chi connectivity index (χ1) is 13.5. The average Bonchev–Trinajstić information content (AvgIpc) is 3.19. The van der Waals surface area contributed by atoms with Gasteiger partial charge in [-0.2, -0.15) is 4.99 Å². The van der Waals surface area contributed by atoms with Crippen LogP contribution in [0.5, 0.6) is 5.75 Å². The van der Waals surface area contributed by atoms with Crippen LogP contribution in [-0.2, 0) is 9.59 Å². The Morgan fingerprint density at radius 2 is 2.25 bits per heavy atom. The number of nitrogens with zero attached hydrogens (tertiary/aromatic N) is 3. The lowest BCUT2D eigenvalue weighted by Crippen LogP contribution is -2.29. The number of thioether (sulfide) groups is 1. The second-order valence-electron chi connectivity index (χ2n) is 5.99. The molecule has 0 bridgehead atoms. The van der Waals surface area contributed by atoms with Crippen LogP contribution < -0.4 is 4.74 Å². The van der Waals surface area contributed by atoms with E-state index in [0.717, 1.165) is 17.7 Å². The summed E-state index contributed by atoms with van der Waals surface area (Å²) in [5, 5.41) is 11.9. The van der Waals surface area contributed by atoms with E-state index in [2.05, 4.69) is 9.98 Å². The third-order valence-corrected chi connectivity index (χ3v) is 5.51. The minimum atomic E-state index is -1.04. The summed E-state index contributed by atoms with van der Waals surface area (Å²) in [4.78, 5) is 34.6. The Bertz CT molecular complexity index is 952. The quantitative estimate of drug-likeness (QED) is 0.686. The number of rotatable bonds is 7. The summed E-state index contributed by atoms with van der Waals surface area (Å²) in [5.74, 6) is -0.709. The van der Waals surface area contributed by atoms with Crippen molar-refractivity contribution in [1.29, 1.82) is 0 Å². The van der Waals surface area contributed by atoms with E-state index in [1.807, 2.05) is 25.3 Å². The summed E-state index contributed by atoms with van der Waals surface area (Å²) in [7, 11) is 0. The number of amides is 1. The minimum Gasteiger partial charge on any atom is -0.482 e. The van der Waals surface area contributed by atoms with Crippen LogP contribution in [0.15, 0.2) is 39.5 Å². The number of ether oxygens (including phenoxy) is 1. The summed E-state index contributed by atoms with van der Waals surface area (Å²) in [6, 6.07) is 6.96. The molecule has 0 saturated carbocycles. The highest BCUT2D eigenvalue weighted by Crippen LogP contribution is 2.35. The van der Waals surface area contributed by atoms with E-state index in [9.17, 15) is 9.59 Å². The molecule has 1 aliphatic heterocycles. The van der Waals surface area contributed by atoms with Crippen molar-refractivity contribution in [1.82, 2.24) is 9.88 Å². The molecule has 1 aliphatic rings. The number of hydrogen-bond acceptors (Lipinski definition) is 7. The molecule has 0 radical (unpaired) electrons. The molecule has 146 valence electrons. The zero-order valence-corrected chi connectivity index (χ0v) is 17.0. The maximum atomic E-state index is 12.8. The molecule has 2 heterocycles. The highest BCUT2D eigenvalue weighted by Gasteiger charge is 2.33. The third kappa shape index (κ3) is 4.99. The van der Waals surface area contributed by atoms with Crippen LogP contribution in [0.25, 0.3) is 6.08 Å². The van der Waals surface area contributed by atoms with Gasteiger partial charge in [0, 0.05) is 11.9 Å². The Kier molecular flexibility index (Phi) is 6.48. The number of carboxylic acid groups (broad SMARTS) is 1. The SMILES string of the molecule is CCCN1C(=O)/C(=C\c2cccc(OCC(=O)O)c2)S/C1=N/c1nc(C)cs1. The van der Waals surface area contributed by atoms with Crippen LogP contribution in [0.1, 0.15) is 24.6 Å². The van der Waals surface area contributed by atoms with E-state index < -0.39 is 12.6 Å². The number of carboxylic acids is 1. The molecule has 2 aromatic rings. The molecule has 1 aromatic carbocycles. The van der Waals surface area contributed by atoms with Gasteiger partial charge in [0.1, 0.15) is 5.75 Å². The van der Waals surface area contributed by atoms with Gasteiger partial charge >= 0.3 is 5.97 Å². The van der Waals surface area contributed by atoms with Crippen LogP contribution >= 0.6 is 23.1 Å². The topological polar surface area (TPSA) is 92.1 Å². The molecule has 0 spiro atoms. The van der Waals surface area contributed by atoms with Crippen molar-refractivity contribution >= 4 is 51.4 Å². The fourth-order valence-electron chi connectivity index (χ4n) is 2.48. The number of hydrogen-bond donors (Lipinski definition) is 1. The first-order valence-electron chi connectivity index (χ1n) is 8.63. The predicted octanol–water partition coefficient (Wildman–Crippen LogP) is 3.93. The van der Waals surface area contributed by atoms with Crippen molar-refractivity contribution in [3.05, 3.63) is 45.8 Å². The molecule has 28 heavy (non-hydrogen) atoms. The molecular weight excluding hydrogens is 398 g/mol. The molecule has 0 unspecified atom stereocenters. The first kappa shape index (κ1) is 20.1. The second kappa shape index (κ2) is 9.03. The molecule has 9 heteroatoms. The molecule has 1 N–H and O–H groups in total. The number of aromatic nitrogens is 1. The maximum absolute atomic E-state index is 12.8. The first-order valence-corrected chi connectivity index (χ1v) is 10.3. The smallest absolute Gasteiger partial charge is 0.341 e. The minimum absolute atomic E-state index is 0.101. The maximum Gasteiger partial charge on any atom is 0.341 e. The molecule has 3 rings (SSSR count). The van der Waals surface area contributed by atoms with E-state index in [4.69, 9.17) is 9.84 Å². The van der Waals surface area contributed by atoms with Gasteiger partial charge in [-0.3, -0.25) is 9.69 Å². The highest BCUT2D eigenvalue weighted by molar-refractivity contribution is 8.18. The summed E-state index contributed by atoms with van der Waals surface area (Å²) >= 11 is 2.75. The van der Waals surface area contributed by atoms with E-state index in [0.29, 0.717) is 27.5 Å². The van der Waals surface area contributed by atoms with Crippen LogP contribution in [0, 0.1) is 6.92 Å². The Labute approximate surface area is 170 Å². The van der Waals surface area contributed by atoms with E-state index >= 15 is 0 Å². The number of aliphatic imine (C=N–C) groups is 1. The van der Waals surface area contributed by atoms with E-state index in [1.54, 1.807) is 29.2 Å². The Hall–Kier alpha value is -2.65. The third-order valence-electron chi connectivity index (χ3n) is 3.65. The second-order valence-corrected chi connectivity index (χ2v) is 7.83. The lowest BCUT2D eigenvalue weighted by Gasteiger charge is -2.13. The molecule has 0 aliphatic carbocycles. The monoisotopic (exact) mass is 417 g/mol. The zero-order valence-electron chi connectivity index (χ0n) is 15.4. The number of amidine groups is 1. The van der Waals surface area contributed by atoms with Crippen molar-refractivity contribution in [2.24, 2.45) is 4.99 Å². The standard InChI is InChI=1S/C19H19N3O4S2/c1-3-7-22-17(25)15(28-19(22)21-18-20-12(2)11-27-18)9-13-5-4-6-14(8-13)26-10-16(23)24/h4-6,8-9,11H,3,7,10H2,1-2H3,(H,23,24)/b15-9+,21-19+. The van der Waals surface area contributed by atoms with Crippen molar-refractivity contribution in [3.63, 3.8) is 0 Å². The fraction of sp³-hybridized carbons (Fsp3) is 0.263. The van der Waals surface area contributed by atoms with Crippen LogP contribution in [-0.4, -0.2) is 45.2 Å². The summed E-state index contributed by atoms with van der Waals surface area (Å²) in [5.41, 5.74) is 1.65. The molecule has 7 nitrogen and oxygen atoms in total. The van der Waals surface area contributed by atoms with Crippen molar-refractivity contribution in [2.75, 3.05) is 13.2 Å². The zero-order chi connectivity index (χ0) is 20.1. The van der Waals surface area contributed by atoms with Crippen molar-refractivity contribution < 1.29 is 19.4 Å². The number of aryl methyl sites for hydroxylation is 1. The molecule has 1 amide bonds. The van der Waals surface area contributed by atoms with Crippen LogP contribution in [0.3, 0.4) is 0 Å². The fourth-order valence-corrected chi connectivity index (χ4v) is 4.21. The van der Waals surface area contributed by atoms with Crippen LogP contribution in [0.4, 0.5) is 5.13 Å². The lowest BCUT2D eigenvalue weighted by molar-refractivity contribution is -0.139. The summed E-state index contributed by atoms with van der Waals surface area (Å²) in [6.45, 7) is 4.08. The number of benzene rings is 1. The molecule has 1 aromatic heterocycles.